The zero-order valence-corrected chi connectivity index (χ0v) is 12.2. The number of aromatic nitrogens is 1. The zero-order chi connectivity index (χ0) is 13.5. The van der Waals surface area contributed by atoms with Crippen LogP contribution in [-0.4, -0.2) is 18.1 Å². The number of hydrogen-bond donors (Lipinski definition) is 1. The van der Waals surface area contributed by atoms with E-state index in [1.807, 2.05) is 42.5 Å². The Hall–Kier alpha value is -1.23. The second-order valence-corrected chi connectivity index (χ2v) is 5.14. The van der Waals surface area contributed by atoms with E-state index in [1.165, 1.54) is 0 Å². The maximum absolute atomic E-state index is 5.85. The van der Waals surface area contributed by atoms with Crippen molar-refractivity contribution in [2.24, 2.45) is 5.73 Å². The van der Waals surface area contributed by atoms with Gasteiger partial charge in [0.15, 0.2) is 0 Å². The van der Waals surface area contributed by atoms with Crippen LogP contribution in [0.5, 0.6) is 0 Å². The van der Waals surface area contributed by atoms with Crippen molar-refractivity contribution in [3.05, 3.63) is 64.4 Å². The van der Waals surface area contributed by atoms with E-state index in [4.69, 9.17) is 10.5 Å². The van der Waals surface area contributed by atoms with Gasteiger partial charge in [-0.15, -0.1) is 0 Å². The molecule has 0 aliphatic carbocycles. The molecular formula is C15H17BrN2O. The van der Waals surface area contributed by atoms with Gasteiger partial charge in [0, 0.05) is 29.3 Å². The van der Waals surface area contributed by atoms with Crippen LogP contribution in [0, 0.1) is 0 Å². The Kier molecular flexibility index (Phi) is 5.51. The van der Waals surface area contributed by atoms with Gasteiger partial charge in [-0.25, -0.2) is 0 Å². The Bertz CT molecular complexity index is 505. The lowest BCUT2D eigenvalue weighted by Gasteiger charge is -2.16. The lowest BCUT2D eigenvalue weighted by atomic mass is 10.1. The summed E-state index contributed by atoms with van der Waals surface area (Å²) in [5.74, 6) is 0. The molecule has 100 valence electrons. The standard InChI is InChI=1S/C15H17BrN2O/c16-13-5-3-4-12(10-13)15(11-17)19-9-7-14-6-1-2-8-18-14/h1-6,8,10,15H,7,9,11,17H2. The normalized spacial score (nSPS) is 12.3. The van der Waals surface area contributed by atoms with Crippen molar-refractivity contribution < 1.29 is 4.74 Å². The largest absolute Gasteiger partial charge is 0.372 e. The van der Waals surface area contributed by atoms with Crippen LogP contribution in [0.1, 0.15) is 17.4 Å². The first-order valence-corrected chi connectivity index (χ1v) is 7.06. The van der Waals surface area contributed by atoms with E-state index in [1.54, 1.807) is 6.20 Å². The third-order valence-corrected chi connectivity index (χ3v) is 3.33. The van der Waals surface area contributed by atoms with Gasteiger partial charge < -0.3 is 10.5 Å². The summed E-state index contributed by atoms with van der Waals surface area (Å²) in [6, 6.07) is 13.9. The molecule has 0 amide bonds. The Morgan fingerprint density at radius 3 is 2.79 bits per heavy atom. The number of ether oxygens (including phenoxy) is 1. The summed E-state index contributed by atoms with van der Waals surface area (Å²) in [4.78, 5) is 4.27. The summed E-state index contributed by atoms with van der Waals surface area (Å²) in [6.45, 7) is 1.09. The Morgan fingerprint density at radius 1 is 1.21 bits per heavy atom. The van der Waals surface area contributed by atoms with Crippen molar-refractivity contribution >= 4 is 15.9 Å². The molecule has 3 nitrogen and oxygen atoms in total. The highest BCUT2D eigenvalue weighted by atomic mass is 79.9. The molecule has 0 fully saturated rings. The van der Waals surface area contributed by atoms with Gasteiger partial charge in [0.1, 0.15) is 0 Å². The Morgan fingerprint density at radius 2 is 2.11 bits per heavy atom. The summed E-state index contributed by atoms with van der Waals surface area (Å²) in [7, 11) is 0. The van der Waals surface area contributed by atoms with E-state index in [9.17, 15) is 0 Å². The molecule has 2 rings (SSSR count). The third-order valence-electron chi connectivity index (χ3n) is 2.84. The highest BCUT2D eigenvalue weighted by molar-refractivity contribution is 9.10. The lowest BCUT2D eigenvalue weighted by Crippen LogP contribution is -2.17. The Balaban J connectivity index is 1.89. The van der Waals surface area contributed by atoms with Crippen molar-refractivity contribution in [1.82, 2.24) is 4.98 Å². The van der Waals surface area contributed by atoms with Crippen LogP contribution in [0.15, 0.2) is 53.1 Å². The fourth-order valence-electron chi connectivity index (χ4n) is 1.86. The number of benzene rings is 1. The van der Waals surface area contributed by atoms with E-state index in [0.717, 1.165) is 22.2 Å². The zero-order valence-electron chi connectivity index (χ0n) is 10.6. The number of hydrogen-bond acceptors (Lipinski definition) is 3. The predicted octanol–water partition coefficient (Wildman–Crippen LogP) is 3.10. The van der Waals surface area contributed by atoms with E-state index in [-0.39, 0.29) is 6.10 Å². The molecule has 19 heavy (non-hydrogen) atoms. The minimum atomic E-state index is -0.0683. The average Bonchev–Trinajstić information content (AvgIpc) is 2.45. The molecule has 0 saturated heterocycles. The summed E-state index contributed by atoms with van der Waals surface area (Å²) < 4.78 is 6.89. The van der Waals surface area contributed by atoms with Gasteiger partial charge in [-0.3, -0.25) is 4.98 Å². The second kappa shape index (κ2) is 7.38. The minimum Gasteiger partial charge on any atom is -0.372 e. The van der Waals surface area contributed by atoms with E-state index < -0.39 is 0 Å². The lowest BCUT2D eigenvalue weighted by molar-refractivity contribution is 0.0604. The molecule has 0 aliphatic heterocycles. The molecule has 1 atom stereocenters. The van der Waals surface area contributed by atoms with Gasteiger partial charge in [-0.2, -0.15) is 0 Å². The quantitative estimate of drug-likeness (QED) is 0.889. The fraction of sp³-hybridized carbons (Fsp3) is 0.267. The molecule has 2 aromatic rings. The maximum atomic E-state index is 5.85. The van der Waals surface area contributed by atoms with Crippen LogP contribution < -0.4 is 5.73 Å². The molecule has 0 aliphatic rings. The van der Waals surface area contributed by atoms with Gasteiger partial charge in [0.25, 0.3) is 0 Å². The first kappa shape index (κ1) is 14.2. The first-order valence-electron chi connectivity index (χ1n) is 6.26. The summed E-state index contributed by atoms with van der Waals surface area (Å²) in [5, 5.41) is 0. The topological polar surface area (TPSA) is 48.1 Å². The van der Waals surface area contributed by atoms with E-state index >= 15 is 0 Å². The third kappa shape index (κ3) is 4.42. The van der Waals surface area contributed by atoms with Crippen molar-refractivity contribution in [2.75, 3.05) is 13.2 Å². The van der Waals surface area contributed by atoms with Crippen LogP contribution in [0.3, 0.4) is 0 Å². The van der Waals surface area contributed by atoms with Crippen molar-refractivity contribution in [3.63, 3.8) is 0 Å². The fourth-order valence-corrected chi connectivity index (χ4v) is 2.28. The van der Waals surface area contributed by atoms with Crippen LogP contribution in [-0.2, 0) is 11.2 Å². The molecule has 1 aromatic carbocycles. The summed E-state index contributed by atoms with van der Waals surface area (Å²) >= 11 is 3.46. The smallest absolute Gasteiger partial charge is 0.0947 e. The van der Waals surface area contributed by atoms with Gasteiger partial charge in [0.05, 0.1) is 12.7 Å². The average molecular weight is 321 g/mol. The monoisotopic (exact) mass is 320 g/mol. The van der Waals surface area contributed by atoms with Crippen molar-refractivity contribution in [1.29, 1.82) is 0 Å². The SMILES string of the molecule is NCC(OCCc1ccccn1)c1cccc(Br)c1. The molecule has 0 bridgehead atoms. The van der Waals surface area contributed by atoms with Gasteiger partial charge in [-0.1, -0.05) is 34.1 Å². The van der Waals surface area contributed by atoms with E-state index in [2.05, 4.69) is 20.9 Å². The van der Waals surface area contributed by atoms with Crippen molar-refractivity contribution in [3.8, 4) is 0 Å². The summed E-state index contributed by atoms with van der Waals surface area (Å²) in [5.41, 5.74) is 7.91. The molecule has 1 unspecified atom stereocenters. The van der Waals surface area contributed by atoms with Crippen LogP contribution >= 0.6 is 15.9 Å². The highest BCUT2D eigenvalue weighted by Crippen LogP contribution is 2.20. The van der Waals surface area contributed by atoms with Crippen LogP contribution in [0.25, 0.3) is 0 Å². The van der Waals surface area contributed by atoms with Crippen LogP contribution in [0.4, 0.5) is 0 Å². The number of rotatable bonds is 6. The molecule has 0 saturated carbocycles. The van der Waals surface area contributed by atoms with Crippen molar-refractivity contribution in [2.45, 2.75) is 12.5 Å². The van der Waals surface area contributed by atoms with Gasteiger partial charge in [0.2, 0.25) is 0 Å². The Labute approximate surface area is 121 Å². The predicted molar refractivity (Wildman–Crippen MR) is 79.8 cm³/mol. The van der Waals surface area contributed by atoms with Gasteiger partial charge in [-0.05, 0) is 29.8 Å². The van der Waals surface area contributed by atoms with Gasteiger partial charge >= 0.3 is 0 Å². The number of nitrogens with two attached hydrogens (primary N) is 1. The summed E-state index contributed by atoms with van der Waals surface area (Å²) in [6.07, 6.45) is 2.52. The van der Waals surface area contributed by atoms with Crippen LogP contribution in [0.2, 0.25) is 0 Å². The molecule has 0 radical (unpaired) electrons. The molecule has 4 heteroatoms. The highest BCUT2D eigenvalue weighted by Gasteiger charge is 2.10. The minimum absolute atomic E-state index is 0.0683. The second-order valence-electron chi connectivity index (χ2n) is 4.22. The molecular weight excluding hydrogens is 304 g/mol. The van der Waals surface area contributed by atoms with E-state index in [0.29, 0.717) is 13.2 Å². The number of nitrogens with zero attached hydrogens (tertiary/aromatic N) is 1. The molecule has 1 aromatic heterocycles. The maximum Gasteiger partial charge on any atom is 0.0947 e. The molecule has 2 N–H and O–H groups in total. The first-order chi connectivity index (χ1) is 9.29. The number of halogens is 1. The molecule has 1 heterocycles. The molecule has 0 spiro atoms. The number of pyridine rings is 1.